The normalized spacial score (nSPS) is 12.0. The molecule has 0 spiro atoms. The third-order valence-electron chi connectivity index (χ3n) is 5.17. The quantitative estimate of drug-likeness (QED) is 0.370. The van der Waals surface area contributed by atoms with E-state index in [4.69, 9.17) is 5.11 Å². The van der Waals surface area contributed by atoms with Crippen molar-refractivity contribution in [2.24, 2.45) is 0 Å². The fourth-order valence-electron chi connectivity index (χ4n) is 3.66. The van der Waals surface area contributed by atoms with Crippen LogP contribution < -0.4 is 5.32 Å². The lowest BCUT2D eigenvalue weighted by Gasteiger charge is -2.13. The van der Waals surface area contributed by atoms with Crippen LogP contribution in [-0.4, -0.2) is 32.7 Å². The number of nitrogens with zero attached hydrogens (tertiary/aromatic N) is 1. The molecule has 0 aliphatic rings. The van der Waals surface area contributed by atoms with E-state index in [1.165, 1.54) is 11.8 Å². The number of nitrogens with one attached hydrogen (secondary N) is 1. The van der Waals surface area contributed by atoms with Gasteiger partial charge in [-0.25, -0.2) is 0 Å². The van der Waals surface area contributed by atoms with Gasteiger partial charge in [0.05, 0.1) is 22.7 Å². The fraction of sp³-hybridized carbons (Fsp3) is 0.160. The van der Waals surface area contributed by atoms with Crippen LogP contribution in [0.2, 0.25) is 0 Å². The molecule has 162 valence electrons. The highest BCUT2D eigenvalue weighted by molar-refractivity contribution is 8.00. The number of rotatable bonds is 7. The Morgan fingerprint density at radius 1 is 0.875 bits per heavy atom. The summed E-state index contributed by atoms with van der Waals surface area (Å²) in [6.45, 7) is 1.89. The number of carboxylic acids is 1. The van der Waals surface area contributed by atoms with E-state index in [1.54, 1.807) is 16.7 Å². The van der Waals surface area contributed by atoms with Crippen LogP contribution in [-0.2, 0) is 9.59 Å². The summed E-state index contributed by atoms with van der Waals surface area (Å²) in [5, 5.41) is 13.1. The Balaban J connectivity index is 1.50. The largest absolute Gasteiger partial charge is 0.481 e. The van der Waals surface area contributed by atoms with Crippen LogP contribution in [0.5, 0.6) is 0 Å². The van der Waals surface area contributed by atoms with E-state index in [-0.39, 0.29) is 29.9 Å². The number of carbonyl (C=O) groups excluding carboxylic acids is 2. The average Bonchev–Trinajstić information content (AvgIpc) is 3.13. The molecule has 0 saturated carbocycles. The summed E-state index contributed by atoms with van der Waals surface area (Å²) in [5.74, 6) is -1.35. The maximum absolute atomic E-state index is 13.4. The monoisotopic (exact) mass is 446 g/mol. The SMILES string of the molecule is CC(Sc1ccc(NC(=O)CCC(=O)O)cc1)C(=O)n1c2ccccc2c2ccccc21. The predicted octanol–water partition coefficient (Wildman–Crippen LogP) is 5.42. The van der Waals surface area contributed by atoms with Gasteiger partial charge in [-0.1, -0.05) is 36.4 Å². The third-order valence-corrected chi connectivity index (χ3v) is 6.26. The van der Waals surface area contributed by atoms with Crippen LogP contribution in [0.15, 0.2) is 77.7 Å². The number of aliphatic carboxylic acids is 1. The predicted molar refractivity (Wildman–Crippen MR) is 127 cm³/mol. The minimum absolute atomic E-state index is 0.00144. The van der Waals surface area contributed by atoms with Crippen molar-refractivity contribution < 1.29 is 19.5 Å². The van der Waals surface area contributed by atoms with Gasteiger partial charge in [0.25, 0.3) is 0 Å². The van der Waals surface area contributed by atoms with Crippen LogP contribution >= 0.6 is 11.8 Å². The summed E-state index contributed by atoms with van der Waals surface area (Å²) >= 11 is 1.45. The minimum Gasteiger partial charge on any atom is -0.481 e. The summed E-state index contributed by atoms with van der Waals surface area (Å²) in [5.41, 5.74) is 2.38. The maximum atomic E-state index is 13.4. The van der Waals surface area contributed by atoms with Gasteiger partial charge in [-0.2, -0.15) is 0 Å². The highest BCUT2D eigenvalue weighted by Crippen LogP contribution is 2.32. The van der Waals surface area contributed by atoms with Crippen molar-refractivity contribution in [1.82, 2.24) is 4.57 Å². The summed E-state index contributed by atoms with van der Waals surface area (Å²) in [6, 6.07) is 23.0. The lowest BCUT2D eigenvalue weighted by atomic mass is 10.2. The van der Waals surface area contributed by atoms with Crippen molar-refractivity contribution in [2.75, 3.05) is 5.32 Å². The molecule has 0 fully saturated rings. The number of carbonyl (C=O) groups is 3. The zero-order chi connectivity index (χ0) is 22.7. The molecule has 7 heteroatoms. The molecule has 1 heterocycles. The lowest BCUT2D eigenvalue weighted by molar-refractivity contribution is -0.138. The smallest absolute Gasteiger partial charge is 0.303 e. The second-order valence-electron chi connectivity index (χ2n) is 7.43. The first kappa shape index (κ1) is 21.6. The molecule has 32 heavy (non-hydrogen) atoms. The zero-order valence-electron chi connectivity index (χ0n) is 17.4. The number of para-hydroxylation sites is 2. The fourth-order valence-corrected chi connectivity index (χ4v) is 4.56. The van der Waals surface area contributed by atoms with Gasteiger partial charge in [0.2, 0.25) is 11.8 Å². The van der Waals surface area contributed by atoms with E-state index in [0.717, 1.165) is 26.7 Å². The topological polar surface area (TPSA) is 88.4 Å². The van der Waals surface area contributed by atoms with E-state index in [2.05, 4.69) is 5.32 Å². The maximum Gasteiger partial charge on any atom is 0.303 e. The van der Waals surface area contributed by atoms with Crippen LogP contribution in [0, 0.1) is 0 Å². The standard InChI is InChI=1S/C25H22N2O4S/c1-16(32-18-12-10-17(11-13-18)26-23(28)14-15-24(29)30)25(31)27-21-8-4-2-6-19(21)20-7-3-5-9-22(20)27/h2-13,16H,14-15H2,1H3,(H,26,28)(H,29,30). The number of anilines is 1. The van der Waals surface area contributed by atoms with Gasteiger partial charge in [-0.15, -0.1) is 11.8 Å². The number of fused-ring (bicyclic) bond motifs is 3. The molecule has 6 nitrogen and oxygen atoms in total. The number of hydrogen-bond acceptors (Lipinski definition) is 4. The molecule has 1 unspecified atom stereocenters. The van der Waals surface area contributed by atoms with Crippen LogP contribution in [0.4, 0.5) is 5.69 Å². The number of thioether (sulfide) groups is 1. The van der Waals surface area contributed by atoms with E-state index in [0.29, 0.717) is 5.69 Å². The second-order valence-corrected chi connectivity index (χ2v) is 8.85. The molecule has 4 rings (SSSR count). The first-order chi connectivity index (χ1) is 15.4. The number of amides is 1. The molecule has 0 saturated heterocycles. The molecule has 1 amide bonds. The Hall–Kier alpha value is -3.58. The van der Waals surface area contributed by atoms with E-state index >= 15 is 0 Å². The first-order valence-corrected chi connectivity index (χ1v) is 11.1. The minimum atomic E-state index is -1.01. The Morgan fingerprint density at radius 2 is 1.44 bits per heavy atom. The van der Waals surface area contributed by atoms with Crippen molar-refractivity contribution in [3.63, 3.8) is 0 Å². The van der Waals surface area contributed by atoms with Crippen molar-refractivity contribution in [3.05, 3.63) is 72.8 Å². The lowest BCUT2D eigenvalue weighted by Crippen LogP contribution is -2.21. The van der Waals surface area contributed by atoms with Crippen molar-refractivity contribution in [1.29, 1.82) is 0 Å². The highest BCUT2D eigenvalue weighted by Gasteiger charge is 2.21. The summed E-state index contributed by atoms with van der Waals surface area (Å²) in [6.07, 6.45) is -0.279. The summed E-state index contributed by atoms with van der Waals surface area (Å²) < 4.78 is 1.79. The van der Waals surface area contributed by atoms with Crippen LogP contribution in [0.3, 0.4) is 0 Å². The van der Waals surface area contributed by atoms with Gasteiger partial charge in [0.1, 0.15) is 0 Å². The first-order valence-electron chi connectivity index (χ1n) is 10.2. The molecule has 0 radical (unpaired) electrons. The zero-order valence-corrected chi connectivity index (χ0v) is 18.3. The molecule has 4 aromatic rings. The number of carboxylic acid groups (broad SMARTS) is 1. The van der Waals surface area contributed by atoms with Crippen molar-refractivity contribution >= 4 is 57.0 Å². The number of aromatic nitrogens is 1. The Labute approximate surface area is 189 Å². The molecule has 3 aromatic carbocycles. The van der Waals surface area contributed by atoms with Gasteiger partial charge in [0, 0.05) is 27.8 Å². The van der Waals surface area contributed by atoms with Gasteiger partial charge in [-0.3, -0.25) is 19.0 Å². The van der Waals surface area contributed by atoms with Gasteiger partial charge in [-0.05, 0) is 43.3 Å². The molecule has 1 aromatic heterocycles. The molecular formula is C25H22N2O4S. The number of benzene rings is 3. The van der Waals surface area contributed by atoms with Gasteiger partial charge >= 0.3 is 5.97 Å². The van der Waals surface area contributed by atoms with Gasteiger partial charge < -0.3 is 10.4 Å². The van der Waals surface area contributed by atoms with Gasteiger partial charge in [0.15, 0.2) is 0 Å². The summed E-state index contributed by atoms with van der Waals surface area (Å²) in [4.78, 5) is 36.7. The average molecular weight is 447 g/mol. The third kappa shape index (κ3) is 4.53. The van der Waals surface area contributed by atoms with Crippen molar-refractivity contribution in [3.8, 4) is 0 Å². The molecule has 0 bridgehead atoms. The van der Waals surface area contributed by atoms with Crippen LogP contribution in [0.25, 0.3) is 21.8 Å². The van der Waals surface area contributed by atoms with E-state index in [9.17, 15) is 14.4 Å². The molecule has 0 aliphatic heterocycles. The molecule has 2 N–H and O–H groups in total. The molecule has 1 atom stereocenters. The van der Waals surface area contributed by atoms with Crippen molar-refractivity contribution in [2.45, 2.75) is 29.9 Å². The highest BCUT2D eigenvalue weighted by atomic mass is 32.2. The Bertz CT molecular complexity index is 1260. The molecular weight excluding hydrogens is 424 g/mol. The number of hydrogen-bond donors (Lipinski definition) is 2. The van der Waals surface area contributed by atoms with E-state index in [1.807, 2.05) is 67.6 Å². The Kier molecular flexibility index (Phi) is 6.28. The summed E-state index contributed by atoms with van der Waals surface area (Å²) in [7, 11) is 0. The Morgan fingerprint density at radius 3 is 2.00 bits per heavy atom. The molecule has 0 aliphatic carbocycles. The second kappa shape index (κ2) is 9.28. The van der Waals surface area contributed by atoms with Crippen LogP contribution in [0.1, 0.15) is 24.6 Å². The van der Waals surface area contributed by atoms with E-state index < -0.39 is 5.97 Å².